The summed E-state index contributed by atoms with van der Waals surface area (Å²) in [7, 11) is 0.420. The first kappa shape index (κ1) is 24.0. The summed E-state index contributed by atoms with van der Waals surface area (Å²) in [5.74, 6) is 0.918. The van der Waals surface area contributed by atoms with Gasteiger partial charge in [0.1, 0.15) is 34.0 Å². The number of nitrogens with one attached hydrogen (secondary N) is 1. The number of benzene rings is 3. The van der Waals surface area contributed by atoms with E-state index in [1.165, 1.54) is 12.1 Å². The first-order valence-corrected chi connectivity index (χ1v) is 13.3. The number of nitrogens with zero attached hydrogens (tertiary/aromatic N) is 3. The van der Waals surface area contributed by atoms with Gasteiger partial charge in [-0.2, -0.15) is 5.10 Å². The highest BCUT2D eigenvalue weighted by Crippen LogP contribution is 2.46. The molecule has 1 aliphatic carbocycles. The number of amides is 1. The van der Waals surface area contributed by atoms with Gasteiger partial charge in [-0.25, -0.2) is 13.3 Å². The van der Waals surface area contributed by atoms with Gasteiger partial charge in [-0.1, -0.05) is 0 Å². The zero-order chi connectivity index (χ0) is 25.4. The van der Waals surface area contributed by atoms with Crippen molar-refractivity contribution >= 4 is 33.5 Å². The topological polar surface area (TPSA) is 76.5 Å². The molecule has 1 unspecified atom stereocenters. The van der Waals surface area contributed by atoms with Crippen molar-refractivity contribution in [3.8, 4) is 17.2 Å². The number of halogens is 1. The molecule has 9 heteroatoms. The van der Waals surface area contributed by atoms with E-state index in [4.69, 9.17) is 9.84 Å². The van der Waals surface area contributed by atoms with Crippen LogP contribution in [0.15, 0.2) is 60.7 Å². The van der Waals surface area contributed by atoms with E-state index in [0.717, 1.165) is 29.5 Å². The van der Waals surface area contributed by atoms with Crippen LogP contribution >= 0.6 is 0 Å². The number of anilines is 1. The molecule has 1 saturated carbocycles. The van der Waals surface area contributed by atoms with Crippen molar-refractivity contribution in [3.63, 3.8) is 0 Å². The highest BCUT2D eigenvalue weighted by Gasteiger charge is 2.31. The number of hydrogen-bond acceptors (Lipinski definition) is 4. The molecule has 1 fully saturated rings. The lowest BCUT2D eigenvalue weighted by atomic mass is 10.0. The fraction of sp³-hybridized carbons (Fsp3) is 0.259. The summed E-state index contributed by atoms with van der Waals surface area (Å²) < 4.78 is 34.9. The van der Waals surface area contributed by atoms with Gasteiger partial charge in [0.2, 0.25) is 0 Å². The summed E-state index contributed by atoms with van der Waals surface area (Å²) in [5.41, 5.74) is 3.80. The maximum Gasteiger partial charge on any atom is 0.270 e. The molecular weight excluding hydrogens is 479 g/mol. The summed E-state index contributed by atoms with van der Waals surface area (Å²) in [6.07, 6.45) is 3.82. The van der Waals surface area contributed by atoms with Crippen molar-refractivity contribution in [3.05, 3.63) is 77.7 Å². The Hall–Kier alpha value is -3.72. The average molecular weight is 507 g/mol. The molecule has 3 aromatic carbocycles. The maximum atomic E-state index is 13.2. The lowest BCUT2D eigenvalue weighted by molar-refractivity contribution is 0.0957. The van der Waals surface area contributed by atoms with Crippen molar-refractivity contribution in [2.45, 2.75) is 25.7 Å². The molecule has 0 bridgehead atoms. The van der Waals surface area contributed by atoms with Crippen LogP contribution in [0, 0.1) is 5.82 Å². The third-order valence-electron chi connectivity index (χ3n) is 6.28. The van der Waals surface area contributed by atoms with E-state index in [0.29, 0.717) is 40.9 Å². The van der Waals surface area contributed by atoms with Crippen LogP contribution in [-0.2, 0) is 11.0 Å². The van der Waals surface area contributed by atoms with E-state index in [1.807, 2.05) is 35.5 Å². The average Bonchev–Trinajstić information content (AvgIpc) is 3.65. The van der Waals surface area contributed by atoms with Crippen LogP contribution in [0.1, 0.15) is 41.7 Å². The SMILES string of the molecule is CCN(c1cc2nn(-c3ccc(Oc4ccc(F)cc4)cc3)c(C(=O)NC)c2cc1C1CC1)S(C)=O. The zero-order valence-corrected chi connectivity index (χ0v) is 21.1. The Morgan fingerprint density at radius 2 is 1.78 bits per heavy atom. The minimum atomic E-state index is -1.18. The number of rotatable bonds is 8. The van der Waals surface area contributed by atoms with Gasteiger partial charge in [0.05, 0.1) is 16.9 Å². The first-order valence-electron chi connectivity index (χ1n) is 11.8. The van der Waals surface area contributed by atoms with E-state index in [1.54, 1.807) is 42.3 Å². The third-order valence-corrected chi connectivity index (χ3v) is 7.35. The molecule has 36 heavy (non-hydrogen) atoms. The molecule has 0 spiro atoms. The Bertz CT molecular complexity index is 1450. The lowest BCUT2D eigenvalue weighted by Gasteiger charge is -2.23. The standard InChI is InChI=1S/C27H27FN4O3S/c1-4-31(36(3)34)25-16-24-23(15-22(25)17-5-6-17)26(27(33)29-2)32(30-24)19-9-13-21(14-10-19)35-20-11-7-18(28)8-12-20/h7-17H,4-6H2,1-3H3,(H,29,33). The molecule has 1 atom stereocenters. The fourth-order valence-electron chi connectivity index (χ4n) is 4.38. The van der Waals surface area contributed by atoms with Crippen LogP contribution in [0.3, 0.4) is 0 Å². The summed E-state index contributed by atoms with van der Waals surface area (Å²) in [6, 6.07) is 17.0. The van der Waals surface area contributed by atoms with E-state index < -0.39 is 11.0 Å². The van der Waals surface area contributed by atoms with Gasteiger partial charge >= 0.3 is 0 Å². The van der Waals surface area contributed by atoms with Crippen LogP contribution in [0.25, 0.3) is 16.6 Å². The Balaban J connectivity index is 1.59. The van der Waals surface area contributed by atoms with Gasteiger partial charge in [0.15, 0.2) is 0 Å². The maximum absolute atomic E-state index is 13.2. The van der Waals surface area contributed by atoms with E-state index in [2.05, 4.69) is 5.32 Å². The second-order valence-corrected chi connectivity index (χ2v) is 10.00. The number of ether oxygens (including phenoxy) is 1. The molecule has 1 aromatic heterocycles. The Morgan fingerprint density at radius 1 is 1.14 bits per heavy atom. The minimum Gasteiger partial charge on any atom is -0.457 e. The van der Waals surface area contributed by atoms with Crippen molar-refractivity contribution in [2.75, 3.05) is 24.2 Å². The smallest absolute Gasteiger partial charge is 0.270 e. The third kappa shape index (κ3) is 4.58. The molecule has 5 rings (SSSR count). The van der Waals surface area contributed by atoms with Gasteiger partial charge in [-0.15, -0.1) is 0 Å². The summed E-state index contributed by atoms with van der Waals surface area (Å²) in [4.78, 5) is 13.0. The Morgan fingerprint density at radius 3 is 2.33 bits per heavy atom. The lowest BCUT2D eigenvalue weighted by Crippen LogP contribution is -2.25. The number of fused-ring (bicyclic) bond motifs is 1. The van der Waals surface area contributed by atoms with Gasteiger partial charge < -0.3 is 10.1 Å². The van der Waals surface area contributed by atoms with Crippen LogP contribution < -0.4 is 14.4 Å². The van der Waals surface area contributed by atoms with Crippen molar-refractivity contribution < 1.29 is 18.1 Å². The molecule has 0 aliphatic heterocycles. The molecule has 0 radical (unpaired) electrons. The number of aromatic nitrogens is 2. The highest BCUT2D eigenvalue weighted by atomic mass is 32.2. The van der Waals surface area contributed by atoms with E-state index >= 15 is 0 Å². The van der Waals surface area contributed by atoms with Crippen molar-refractivity contribution in [2.24, 2.45) is 0 Å². The van der Waals surface area contributed by atoms with Gasteiger partial charge in [0.25, 0.3) is 5.91 Å². The largest absolute Gasteiger partial charge is 0.457 e. The molecule has 0 saturated heterocycles. The molecule has 4 aromatic rings. The molecule has 1 heterocycles. The van der Waals surface area contributed by atoms with Gasteiger partial charge in [-0.3, -0.25) is 9.10 Å². The predicted octanol–water partition coefficient (Wildman–Crippen LogP) is 5.31. The number of carbonyl (C=O) groups is 1. The minimum absolute atomic E-state index is 0.245. The van der Waals surface area contributed by atoms with Gasteiger partial charge in [0, 0.05) is 25.2 Å². The van der Waals surface area contributed by atoms with Gasteiger partial charge in [-0.05, 0) is 91.9 Å². The summed E-state index contributed by atoms with van der Waals surface area (Å²) >= 11 is 0. The molecule has 1 amide bonds. The molecule has 1 aliphatic rings. The first-order chi connectivity index (χ1) is 17.4. The normalized spacial score (nSPS) is 14.0. The van der Waals surface area contributed by atoms with Crippen molar-refractivity contribution in [1.82, 2.24) is 15.1 Å². The second-order valence-electron chi connectivity index (χ2n) is 8.71. The summed E-state index contributed by atoms with van der Waals surface area (Å²) in [5, 5.41) is 8.27. The molecule has 186 valence electrons. The monoisotopic (exact) mass is 506 g/mol. The zero-order valence-electron chi connectivity index (χ0n) is 20.3. The fourth-order valence-corrected chi connectivity index (χ4v) is 5.18. The van der Waals surface area contributed by atoms with Crippen LogP contribution in [0.2, 0.25) is 0 Å². The van der Waals surface area contributed by atoms with Crippen LogP contribution in [0.4, 0.5) is 10.1 Å². The Kier molecular flexibility index (Phi) is 6.49. The highest BCUT2D eigenvalue weighted by molar-refractivity contribution is 7.85. The van der Waals surface area contributed by atoms with E-state index in [-0.39, 0.29) is 11.7 Å². The van der Waals surface area contributed by atoms with Crippen molar-refractivity contribution in [1.29, 1.82) is 0 Å². The molecule has 1 N–H and O–H groups in total. The molecule has 7 nitrogen and oxygen atoms in total. The molecular formula is C27H27FN4O3S. The van der Waals surface area contributed by atoms with Crippen LogP contribution in [-0.4, -0.2) is 39.7 Å². The van der Waals surface area contributed by atoms with Crippen LogP contribution in [0.5, 0.6) is 11.5 Å². The number of carbonyl (C=O) groups excluding carboxylic acids is 1. The second kappa shape index (κ2) is 9.73. The van der Waals surface area contributed by atoms with E-state index in [9.17, 15) is 13.4 Å². The number of hydrogen-bond donors (Lipinski definition) is 1. The summed E-state index contributed by atoms with van der Waals surface area (Å²) in [6.45, 7) is 2.58. The Labute approximate surface area is 211 Å². The quantitative estimate of drug-likeness (QED) is 0.351. The predicted molar refractivity (Wildman–Crippen MR) is 140 cm³/mol.